The van der Waals surface area contributed by atoms with Crippen molar-refractivity contribution in [2.75, 3.05) is 25.5 Å². The molecule has 2 heterocycles. The van der Waals surface area contributed by atoms with Crippen LogP contribution < -0.4 is 5.32 Å². The van der Waals surface area contributed by atoms with Gasteiger partial charge in [-0.2, -0.15) is 0 Å². The van der Waals surface area contributed by atoms with Crippen LogP contribution >= 0.6 is 0 Å². The number of nitro benzene ring substituents is 1. The first-order valence-corrected chi connectivity index (χ1v) is 7.53. The Morgan fingerprint density at radius 2 is 2.24 bits per heavy atom. The lowest BCUT2D eigenvalue weighted by atomic mass is 9.91. The summed E-state index contributed by atoms with van der Waals surface area (Å²) in [4.78, 5) is 13.6. The van der Waals surface area contributed by atoms with Gasteiger partial charge in [0.15, 0.2) is 0 Å². The summed E-state index contributed by atoms with van der Waals surface area (Å²) in [5, 5.41) is 14.8. The molecule has 1 aromatic carbocycles. The van der Waals surface area contributed by atoms with Gasteiger partial charge in [0.25, 0.3) is 5.69 Å². The molecule has 3 aliphatic rings. The summed E-state index contributed by atoms with van der Waals surface area (Å²) in [5.41, 5.74) is 4.69. The maximum absolute atomic E-state index is 11.4. The van der Waals surface area contributed by atoms with Crippen LogP contribution in [0.5, 0.6) is 0 Å². The van der Waals surface area contributed by atoms with Crippen molar-refractivity contribution in [3.05, 3.63) is 38.9 Å². The standard InChI is InChI=1S/C16H19N3O2/c1-9-8-18(2)15-5-10-7-17-13-3-4-14(19(20)21)12(16(10)13)6-11(9)15/h3-4,6,9-10,15,17H,5,7-8H2,1-2H3. The monoisotopic (exact) mass is 285 g/mol. The Bertz CT molecular complexity index is 668. The van der Waals surface area contributed by atoms with Gasteiger partial charge in [0.05, 0.1) is 10.5 Å². The van der Waals surface area contributed by atoms with Crippen molar-refractivity contribution in [3.8, 4) is 0 Å². The number of nitro groups is 1. The van der Waals surface area contributed by atoms with E-state index in [1.807, 2.05) is 6.07 Å². The number of hydrogen-bond acceptors (Lipinski definition) is 4. The highest BCUT2D eigenvalue weighted by Crippen LogP contribution is 2.47. The first-order valence-electron chi connectivity index (χ1n) is 7.53. The van der Waals surface area contributed by atoms with E-state index in [1.165, 1.54) is 5.57 Å². The molecule has 0 radical (unpaired) electrons. The van der Waals surface area contributed by atoms with Gasteiger partial charge in [0, 0.05) is 36.8 Å². The molecule has 1 saturated heterocycles. The summed E-state index contributed by atoms with van der Waals surface area (Å²) in [6.45, 7) is 4.16. The smallest absolute Gasteiger partial charge is 0.277 e. The molecular weight excluding hydrogens is 266 g/mol. The van der Waals surface area contributed by atoms with Crippen molar-refractivity contribution in [1.29, 1.82) is 0 Å². The normalized spacial score (nSPS) is 30.2. The fraction of sp³-hybridized carbons (Fsp3) is 0.500. The van der Waals surface area contributed by atoms with E-state index < -0.39 is 0 Å². The van der Waals surface area contributed by atoms with Crippen molar-refractivity contribution in [2.24, 2.45) is 5.92 Å². The van der Waals surface area contributed by atoms with Gasteiger partial charge in [-0.05, 0) is 42.7 Å². The molecule has 1 fully saturated rings. The van der Waals surface area contributed by atoms with Crippen molar-refractivity contribution in [2.45, 2.75) is 25.3 Å². The van der Waals surface area contributed by atoms with E-state index in [4.69, 9.17) is 0 Å². The van der Waals surface area contributed by atoms with Gasteiger partial charge in [0.2, 0.25) is 0 Å². The maximum Gasteiger partial charge on any atom is 0.277 e. The average molecular weight is 285 g/mol. The lowest BCUT2D eigenvalue weighted by Crippen LogP contribution is -2.27. The minimum atomic E-state index is -0.244. The largest absolute Gasteiger partial charge is 0.384 e. The van der Waals surface area contributed by atoms with Crippen molar-refractivity contribution < 1.29 is 4.92 Å². The summed E-state index contributed by atoms with van der Waals surface area (Å²) >= 11 is 0. The molecule has 0 bridgehead atoms. The third kappa shape index (κ3) is 1.73. The van der Waals surface area contributed by atoms with Gasteiger partial charge in [-0.3, -0.25) is 15.0 Å². The second-order valence-electron chi connectivity index (χ2n) is 6.53. The molecular formula is C16H19N3O2. The molecule has 0 saturated carbocycles. The van der Waals surface area contributed by atoms with Crippen molar-refractivity contribution in [3.63, 3.8) is 0 Å². The van der Waals surface area contributed by atoms with Gasteiger partial charge in [0.1, 0.15) is 0 Å². The Labute approximate surface area is 123 Å². The Balaban J connectivity index is 1.96. The molecule has 1 aliphatic carbocycles. The predicted octanol–water partition coefficient (Wildman–Crippen LogP) is 2.84. The molecule has 4 rings (SSSR count). The van der Waals surface area contributed by atoms with Crippen LogP contribution in [0.15, 0.2) is 17.7 Å². The summed E-state index contributed by atoms with van der Waals surface area (Å²) in [6, 6.07) is 3.93. The molecule has 3 unspecified atom stereocenters. The molecule has 5 nitrogen and oxygen atoms in total. The zero-order valence-electron chi connectivity index (χ0n) is 12.3. The van der Waals surface area contributed by atoms with E-state index in [-0.39, 0.29) is 10.6 Å². The molecule has 0 aromatic heterocycles. The Hall–Kier alpha value is -1.88. The Kier molecular flexibility index (Phi) is 2.63. The maximum atomic E-state index is 11.4. The van der Waals surface area contributed by atoms with E-state index in [0.717, 1.165) is 36.3 Å². The second-order valence-corrected chi connectivity index (χ2v) is 6.53. The summed E-state index contributed by atoms with van der Waals surface area (Å²) in [7, 11) is 2.16. The van der Waals surface area contributed by atoms with Crippen LogP contribution in [0.4, 0.5) is 11.4 Å². The van der Waals surface area contributed by atoms with Crippen LogP contribution in [0, 0.1) is 16.0 Å². The van der Waals surface area contributed by atoms with Crippen LogP contribution in [0.25, 0.3) is 6.08 Å². The summed E-state index contributed by atoms with van der Waals surface area (Å²) < 4.78 is 0. The Morgan fingerprint density at radius 3 is 3.00 bits per heavy atom. The third-order valence-electron chi connectivity index (χ3n) is 5.27. The Morgan fingerprint density at radius 1 is 1.43 bits per heavy atom. The number of likely N-dealkylation sites (N-methyl/N-ethyl adjacent to an activating group) is 1. The fourth-order valence-corrected chi connectivity index (χ4v) is 4.30. The molecule has 5 heteroatoms. The van der Waals surface area contributed by atoms with E-state index in [1.54, 1.807) is 6.07 Å². The number of fused-ring (bicyclic) bond motifs is 1. The van der Waals surface area contributed by atoms with Gasteiger partial charge in [-0.1, -0.05) is 6.92 Å². The van der Waals surface area contributed by atoms with E-state index >= 15 is 0 Å². The first-order chi connectivity index (χ1) is 10.1. The van der Waals surface area contributed by atoms with Gasteiger partial charge in [-0.25, -0.2) is 0 Å². The van der Waals surface area contributed by atoms with Crippen LogP contribution in [-0.4, -0.2) is 36.0 Å². The average Bonchev–Trinajstić information content (AvgIpc) is 2.88. The van der Waals surface area contributed by atoms with Crippen molar-refractivity contribution in [1.82, 2.24) is 4.90 Å². The highest BCUT2D eigenvalue weighted by atomic mass is 16.6. The molecule has 110 valence electrons. The van der Waals surface area contributed by atoms with Crippen LogP contribution in [0.2, 0.25) is 0 Å². The molecule has 1 aromatic rings. The molecule has 0 spiro atoms. The fourth-order valence-electron chi connectivity index (χ4n) is 4.30. The van der Waals surface area contributed by atoms with E-state index in [2.05, 4.69) is 30.3 Å². The van der Waals surface area contributed by atoms with Crippen molar-refractivity contribution >= 4 is 17.5 Å². The topological polar surface area (TPSA) is 58.4 Å². The van der Waals surface area contributed by atoms with E-state index in [0.29, 0.717) is 17.9 Å². The second kappa shape index (κ2) is 4.31. The van der Waals surface area contributed by atoms with Gasteiger partial charge in [-0.15, -0.1) is 0 Å². The highest BCUT2D eigenvalue weighted by molar-refractivity contribution is 5.77. The quantitative estimate of drug-likeness (QED) is 0.636. The van der Waals surface area contributed by atoms with Gasteiger partial charge >= 0.3 is 0 Å². The van der Waals surface area contributed by atoms with Crippen LogP contribution in [0.1, 0.15) is 30.4 Å². The molecule has 2 aliphatic heterocycles. The SMILES string of the molecule is CC1CN(C)C2CC3CNc4ccc([N+](=O)[O-])c(c43)C=C12. The third-order valence-corrected chi connectivity index (χ3v) is 5.27. The van der Waals surface area contributed by atoms with Crippen LogP contribution in [-0.2, 0) is 0 Å². The minimum Gasteiger partial charge on any atom is -0.384 e. The molecule has 3 atom stereocenters. The zero-order valence-corrected chi connectivity index (χ0v) is 12.3. The number of hydrogen-bond donors (Lipinski definition) is 1. The number of nitrogens with one attached hydrogen (secondary N) is 1. The highest BCUT2D eigenvalue weighted by Gasteiger charge is 2.40. The molecule has 0 amide bonds. The molecule has 1 N–H and O–H groups in total. The van der Waals surface area contributed by atoms with Crippen LogP contribution in [0.3, 0.4) is 0 Å². The number of rotatable bonds is 1. The number of benzene rings is 1. The first kappa shape index (κ1) is 12.8. The summed E-state index contributed by atoms with van der Waals surface area (Å²) in [5.74, 6) is 0.851. The zero-order chi connectivity index (χ0) is 14.7. The van der Waals surface area contributed by atoms with E-state index in [9.17, 15) is 10.1 Å². The lowest BCUT2D eigenvalue weighted by molar-refractivity contribution is -0.385. The molecule has 21 heavy (non-hydrogen) atoms. The minimum absolute atomic E-state index is 0.244. The summed E-state index contributed by atoms with van der Waals surface area (Å²) in [6.07, 6.45) is 3.17. The van der Waals surface area contributed by atoms with Gasteiger partial charge < -0.3 is 5.32 Å². The number of anilines is 1. The predicted molar refractivity (Wildman–Crippen MR) is 82.5 cm³/mol. The number of nitrogens with zero attached hydrogens (tertiary/aromatic N) is 2. The lowest BCUT2D eigenvalue weighted by Gasteiger charge is -2.22. The number of likely N-dealkylation sites (tertiary alicyclic amines) is 1.